The van der Waals surface area contributed by atoms with Crippen molar-refractivity contribution in [1.29, 1.82) is 0 Å². The van der Waals surface area contributed by atoms with E-state index in [9.17, 15) is 4.79 Å². The summed E-state index contributed by atoms with van der Waals surface area (Å²) in [6.45, 7) is 0.739. The van der Waals surface area contributed by atoms with Gasteiger partial charge in [-0.3, -0.25) is 9.78 Å². The highest BCUT2D eigenvalue weighted by Crippen LogP contribution is 1.98. The quantitative estimate of drug-likeness (QED) is 0.495. The van der Waals surface area contributed by atoms with Gasteiger partial charge in [0.2, 0.25) is 0 Å². The molecule has 0 spiro atoms. The zero-order valence-electron chi connectivity index (χ0n) is 6.51. The SMILES string of the molecule is O=COCC=Cc1ccncc1. The molecule has 0 aliphatic carbocycles. The highest BCUT2D eigenvalue weighted by atomic mass is 16.5. The van der Waals surface area contributed by atoms with Gasteiger partial charge in [0, 0.05) is 12.4 Å². The van der Waals surface area contributed by atoms with Crippen LogP contribution >= 0.6 is 0 Å². The summed E-state index contributed by atoms with van der Waals surface area (Å²) in [7, 11) is 0. The number of ether oxygens (including phenoxy) is 1. The van der Waals surface area contributed by atoms with E-state index < -0.39 is 0 Å². The Morgan fingerprint density at radius 1 is 1.42 bits per heavy atom. The van der Waals surface area contributed by atoms with E-state index in [-0.39, 0.29) is 0 Å². The van der Waals surface area contributed by atoms with E-state index in [4.69, 9.17) is 0 Å². The molecule has 0 unspecified atom stereocenters. The van der Waals surface area contributed by atoms with Crippen LogP contribution in [-0.2, 0) is 9.53 Å². The zero-order chi connectivity index (χ0) is 8.65. The number of hydrogen-bond acceptors (Lipinski definition) is 3. The summed E-state index contributed by atoms with van der Waals surface area (Å²) in [6.07, 6.45) is 7.05. The number of pyridine rings is 1. The summed E-state index contributed by atoms with van der Waals surface area (Å²) >= 11 is 0. The molecule has 3 heteroatoms. The molecule has 0 aliphatic heterocycles. The summed E-state index contributed by atoms with van der Waals surface area (Å²) in [4.78, 5) is 13.6. The third-order valence-corrected chi connectivity index (χ3v) is 1.28. The number of aromatic nitrogens is 1. The normalized spacial score (nSPS) is 10.0. The molecule has 0 bridgehead atoms. The maximum absolute atomic E-state index is 9.75. The number of carbonyl (C=O) groups excluding carboxylic acids is 1. The average molecular weight is 163 g/mol. The van der Waals surface area contributed by atoms with Gasteiger partial charge in [0.15, 0.2) is 0 Å². The summed E-state index contributed by atoms with van der Waals surface area (Å²) in [5, 5.41) is 0. The number of carbonyl (C=O) groups is 1. The molecule has 12 heavy (non-hydrogen) atoms. The molecule has 0 radical (unpaired) electrons. The second-order valence-electron chi connectivity index (χ2n) is 2.11. The minimum atomic E-state index is 0.311. The van der Waals surface area contributed by atoms with Crippen LogP contribution in [0.2, 0.25) is 0 Å². The average Bonchev–Trinajstić information content (AvgIpc) is 2.14. The monoisotopic (exact) mass is 163 g/mol. The number of nitrogens with zero attached hydrogens (tertiary/aromatic N) is 1. The van der Waals surface area contributed by atoms with Gasteiger partial charge in [0.05, 0.1) is 0 Å². The van der Waals surface area contributed by atoms with Crippen LogP contribution in [0.4, 0.5) is 0 Å². The first-order valence-corrected chi connectivity index (χ1v) is 3.55. The second-order valence-corrected chi connectivity index (χ2v) is 2.11. The van der Waals surface area contributed by atoms with E-state index in [0.29, 0.717) is 13.1 Å². The highest BCUT2D eigenvalue weighted by Gasteiger charge is 1.82. The molecule has 0 saturated carbocycles. The van der Waals surface area contributed by atoms with Gasteiger partial charge in [-0.05, 0) is 23.8 Å². The van der Waals surface area contributed by atoms with Crippen molar-refractivity contribution in [2.75, 3.05) is 6.61 Å². The molecule has 0 saturated heterocycles. The maximum atomic E-state index is 9.75. The molecule has 3 nitrogen and oxygen atoms in total. The van der Waals surface area contributed by atoms with Crippen molar-refractivity contribution in [3.8, 4) is 0 Å². The van der Waals surface area contributed by atoms with Crippen molar-refractivity contribution in [2.45, 2.75) is 0 Å². The molecule has 1 aromatic rings. The third-order valence-electron chi connectivity index (χ3n) is 1.28. The second kappa shape index (κ2) is 5.07. The van der Waals surface area contributed by atoms with Gasteiger partial charge in [-0.15, -0.1) is 0 Å². The summed E-state index contributed by atoms with van der Waals surface area (Å²) < 4.78 is 4.47. The van der Waals surface area contributed by atoms with E-state index in [1.54, 1.807) is 18.5 Å². The number of hydrogen-bond donors (Lipinski definition) is 0. The maximum Gasteiger partial charge on any atom is 0.293 e. The van der Waals surface area contributed by atoms with Crippen LogP contribution in [0.5, 0.6) is 0 Å². The van der Waals surface area contributed by atoms with Crippen molar-refractivity contribution in [2.24, 2.45) is 0 Å². The smallest absolute Gasteiger partial charge is 0.293 e. The Kier molecular flexibility index (Phi) is 3.57. The van der Waals surface area contributed by atoms with Gasteiger partial charge >= 0.3 is 0 Å². The van der Waals surface area contributed by atoms with Gasteiger partial charge in [-0.1, -0.05) is 6.08 Å². The molecule has 1 rings (SSSR count). The summed E-state index contributed by atoms with van der Waals surface area (Å²) in [5.74, 6) is 0. The molecule has 0 amide bonds. The molecule has 0 N–H and O–H groups in total. The fraction of sp³-hybridized carbons (Fsp3) is 0.111. The third kappa shape index (κ3) is 2.96. The van der Waals surface area contributed by atoms with Crippen molar-refractivity contribution in [3.63, 3.8) is 0 Å². The first-order valence-electron chi connectivity index (χ1n) is 3.55. The lowest BCUT2D eigenvalue weighted by molar-refractivity contribution is -0.127. The van der Waals surface area contributed by atoms with Crippen LogP contribution in [0.1, 0.15) is 5.56 Å². The van der Waals surface area contributed by atoms with Crippen LogP contribution in [-0.4, -0.2) is 18.1 Å². The Morgan fingerprint density at radius 3 is 2.83 bits per heavy atom. The van der Waals surface area contributed by atoms with Gasteiger partial charge in [0.1, 0.15) is 6.61 Å². The van der Waals surface area contributed by atoms with E-state index in [2.05, 4.69) is 9.72 Å². The molecule has 0 aliphatic rings. The molecular formula is C9H9NO2. The molecule has 1 heterocycles. The lowest BCUT2D eigenvalue weighted by Crippen LogP contribution is -1.85. The van der Waals surface area contributed by atoms with Crippen LogP contribution in [0.3, 0.4) is 0 Å². The molecule has 0 fully saturated rings. The molecule has 1 aromatic heterocycles. The van der Waals surface area contributed by atoms with Crippen LogP contribution in [0.15, 0.2) is 30.6 Å². The predicted octanol–water partition coefficient (Wildman–Crippen LogP) is 1.27. The summed E-state index contributed by atoms with van der Waals surface area (Å²) in [6, 6.07) is 3.74. The van der Waals surface area contributed by atoms with E-state index in [1.165, 1.54) is 0 Å². The fourth-order valence-corrected chi connectivity index (χ4v) is 0.754. The first kappa shape index (κ1) is 8.46. The Morgan fingerprint density at radius 2 is 2.17 bits per heavy atom. The lowest BCUT2D eigenvalue weighted by atomic mass is 10.2. The minimum Gasteiger partial charge on any atom is -0.464 e. The van der Waals surface area contributed by atoms with Gasteiger partial charge in [-0.2, -0.15) is 0 Å². The Bertz CT molecular complexity index is 256. The Labute approximate surface area is 70.7 Å². The molecular weight excluding hydrogens is 154 g/mol. The zero-order valence-corrected chi connectivity index (χ0v) is 6.51. The summed E-state index contributed by atoms with van der Waals surface area (Å²) in [5.41, 5.74) is 1.04. The Hall–Kier alpha value is -1.64. The molecule has 0 aromatic carbocycles. The fourth-order valence-electron chi connectivity index (χ4n) is 0.754. The van der Waals surface area contributed by atoms with Crippen molar-refractivity contribution < 1.29 is 9.53 Å². The highest BCUT2D eigenvalue weighted by molar-refractivity contribution is 5.48. The van der Waals surface area contributed by atoms with E-state index in [1.807, 2.05) is 18.2 Å². The molecule has 0 atom stereocenters. The Balaban J connectivity index is 2.41. The number of rotatable bonds is 4. The minimum absolute atomic E-state index is 0.311. The standard InChI is InChI=1S/C9H9NO2/c11-8-12-7-1-2-9-3-5-10-6-4-9/h1-6,8H,7H2. The van der Waals surface area contributed by atoms with Crippen molar-refractivity contribution in [3.05, 3.63) is 36.2 Å². The van der Waals surface area contributed by atoms with Crippen LogP contribution in [0, 0.1) is 0 Å². The largest absolute Gasteiger partial charge is 0.464 e. The predicted molar refractivity (Wildman–Crippen MR) is 45.3 cm³/mol. The molecule has 62 valence electrons. The van der Waals surface area contributed by atoms with E-state index in [0.717, 1.165) is 5.56 Å². The van der Waals surface area contributed by atoms with E-state index >= 15 is 0 Å². The first-order chi connectivity index (χ1) is 5.93. The van der Waals surface area contributed by atoms with Gasteiger partial charge < -0.3 is 4.74 Å². The lowest BCUT2D eigenvalue weighted by Gasteiger charge is -1.90. The van der Waals surface area contributed by atoms with Gasteiger partial charge in [0.25, 0.3) is 6.47 Å². The van der Waals surface area contributed by atoms with Gasteiger partial charge in [-0.25, -0.2) is 0 Å². The van der Waals surface area contributed by atoms with Crippen LogP contribution < -0.4 is 0 Å². The topological polar surface area (TPSA) is 39.2 Å². The van der Waals surface area contributed by atoms with Crippen LogP contribution in [0.25, 0.3) is 6.08 Å². The van der Waals surface area contributed by atoms with Crippen molar-refractivity contribution in [1.82, 2.24) is 4.98 Å². The van der Waals surface area contributed by atoms with Crippen molar-refractivity contribution >= 4 is 12.5 Å².